The highest BCUT2D eigenvalue weighted by atomic mass is 127. The molecule has 0 aliphatic carbocycles. The summed E-state index contributed by atoms with van der Waals surface area (Å²) in [7, 11) is 0. The van der Waals surface area contributed by atoms with Gasteiger partial charge in [0.15, 0.2) is 5.96 Å². The van der Waals surface area contributed by atoms with Crippen molar-refractivity contribution in [2.45, 2.75) is 52.6 Å². The van der Waals surface area contributed by atoms with E-state index < -0.39 is 11.7 Å². The van der Waals surface area contributed by atoms with E-state index in [1.165, 1.54) is 5.56 Å². The van der Waals surface area contributed by atoms with Gasteiger partial charge < -0.3 is 25.4 Å². The van der Waals surface area contributed by atoms with Gasteiger partial charge in [-0.05, 0) is 52.5 Å². The summed E-state index contributed by atoms with van der Waals surface area (Å²) >= 11 is 0. The second-order valence-electron chi connectivity index (χ2n) is 7.67. The third-order valence-electron chi connectivity index (χ3n) is 3.77. The lowest BCUT2D eigenvalue weighted by Gasteiger charge is -2.19. The van der Waals surface area contributed by atoms with Gasteiger partial charge in [-0.1, -0.05) is 30.3 Å². The van der Waals surface area contributed by atoms with E-state index in [0.29, 0.717) is 13.1 Å². The summed E-state index contributed by atoms with van der Waals surface area (Å²) in [6, 6.07) is 10.4. The van der Waals surface area contributed by atoms with Crippen LogP contribution in [0.25, 0.3) is 0 Å². The lowest BCUT2D eigenvalue weighted by atomic mass is 10.2. The van der Waals surface area contributed by atoms with E-state index >= 15 is 0 Å². The van der Waals surface area contributed by atoms with Gasteiger partial charge in [-0.2, -0.15) is 0 Å². The van der Waals surface area contributed by atoms with Crippen LogP contribution in [0.2, 0.25) is 0 Å². The number of hydrogen-bond donors (Lipinski definition) is 3. The molecule has 30 heavy (non-hydrogen) atoms. The van der Waals surface area contributed by atoms with E-state index in [-0.39, 0.29) is 24.0 Å². The Bertz CT molecular complexity index is 592. The van der Waals surface area contributed by atoms with Crippen LogP contribution in [0.15, 0.2) is 35.3 Å². The standard InChI is InChI=1S/C22H38N4O3.HI/c1-5-23-20(25-15-16-26-21(27)29-22(2,3)4)24-14-9-10-17-28-18-13-19-11-7-6-8-12-19;/h6-8,11-12H,5,9-10,13-18H2,1-4H3,(H,26,27)(H2,23,24,25);1H. The summed E-state index contributed by atoms with van der Waals surface area (Å²) in [5.41, 5.74) is 0.818. The first-order valence-corrected chi connectivity index (χ1v) is 10.5. The zero-order valence-electron chi connectivity index (χ0n) is 18.8. The number of benzene rings is 1. The van der Waals surface area contributed by atoms with Crippen LogP contribution in [0, 0.1) is 0 Å². The van der Waals surface area contributed by atoms with Crippen LogP contribution in [0.3, 0.4) is 0 Å². The number of nitrogens with zero attached hydrogens (tertiary/aromatic N) is 1. The Kier molecular flexibility index (Phi) is 16.3. The molecule has 0 spiro atoms. The molecule has 7 nitrogen and oxygen atoms in total. The normalized spacial score (nSPS) is 11.4. The minimum absolute atomic E-state index is 0. The van der Waals surface area contributed by atoms with Gasteiger partial charge in [-0.25, -0.2) is 4.79 Å². The number of aliphatic imine (C=N–C) groups is 1. The fourth-order valence-electron chi connectivity index (χ4n) is 2.44. The first kappa shape index (κ1) is 28.5. The Labute approximate surface area is 198 Å². The van der Waals surface area contributed by atoms with Crippen LogP contribution >= 0.6 is 24.0 Å². The van der Waals surface area contributed by atoms with Gasteiger partial charge in [0.25, 0.3) is 0 Å². The zero-order chi connectivity index (χ0) is 21.4. The Balaban J connectivity index is 0.00000841. The second-order valence-corrected chi connectivity index (χ2v) is 7.67. The molecular weight excluding hydrogens is 495 g/mol. The van der Waals surface area contributed by atoms with E-state index in [1.807, 2.05) is 33.8 Å². The fraction of sp³-hybridized carbons (Fsp3) is 0.636. The molecule has 0 bridgehead atoms. The minimum atomic E-state index is -0.487. The largest absolute Gasteiger partial charge is 0.444 e. The van der Waals surface area contributed by atoms with Crippen molar-refractivity contribution in [3.05, 3.63) is 35.9 Å². The van der Waals surface area contributed by atoms with E-state index in [0.717, 1.165) is 51.5 Å². The van der Waals surface area contributed by atoms with Crippen LogP contribution in [-0.4, -0.2) is 57.0 Å². The van der Waals surface area contributed by atoms with Gasteiger partial charge in [0, 0.05) is 32.8 Å². The van der Waals surface area contributed by atoms with E-state index in [9.17, 15) is 4.79 Å². The number of guanidine groups is 1. The van der Waals surface area contributed by atoms with Crippen molar-refractivity contribution in [1.29, 1.82) is 0 Å². The highest BCUT2D eigenvalue weighted by Gasteiger charge is 2.15. The Morgan fingerprint density at radius 2 is 1.70 bits per heavy atom. The van der Waals surface area contributed by atoms with E-state index in [4.69, 9.17) is 9.47 Å². The molecule has 3 N–H and O–H groups in total. The molecule has 0 aliphatic heterocycles. The second kappa shape index (κ2) is 17.2. The summed E-state index contributed by atoms with van der Waals surface area (Å²) in [4.78, 5) is 16.2. The third kappa shape index (κ3) is 16.3. The number of carbonyl (C=O) groups is 1. The minimum Gasteiger partial charge on any atom is -0.444 e. The molecule has 0 saturated carbocycles. The maximum atomic E-state index is 11.6. The SMILES string of the molecule is CCNC(=NCCCCOCCc1ccccc1)NCCNC(=O)OC(C)(C)C.I. The topological polar surface area (TPSA) is 84.0 Å². The van der Waals surface area contributed by atoms with Crippen molar-refractivity contribution >= 4 is 36.0 Å². The maximum absolute atomic E-state index is 11.6. The number of nitrogens with one attached hydrogen (secondary N) is 3. The van der Waals surface area contributed by atoms with Gasteiger partial charge in [-0.3, -0.25) is 4.99 Å². The number of carbonyl (C=O) groups excluding carboxylic acids is 1. The van der Waals surface area contributed by atoms with Crippen LogP contribution in [-0.2, 0) is 15.9 Å². The molecule has 0 fully saturated rings. The lowest BCUT2D eigenvalue weighted by molar-refractivity contribution is 0.0529. The summed E-state index contributed by atoms with van der Waals surface area (Å²) in [5, 5.41) is 9.13. The van der Waals surface area contributed by atoms with Gasteiger partial charge in [0.05, 0.1) is 6.61 Å². The average Bonchev–Trinajstić information content (AvgIpc) is 2.66. The molecule has 172 valence electrons. The van der Waals surface area contributed by atoms with Crippen LogP contribution in [0.1, 0.15) is 46.1 Å². The van der Waals surface area contributed by atoms with Crippen LogP contribution < -0.4 is 16.0 Å². The molecule has 1 amide bonds. The number of unbranched alkanes of at least 4 members (excludes halogenated alkanes) is 1. The summed E-state index contributed by atoms with van der Waals surface area (Å²) in [5.74, 6) is 0.753. The first-order chi connectivity index (χ1) is 13.9. The molecule has 0 atom stereocenters. The lowest BCUT2D eigenvalue weighted by Crippen LogP contribution is -2.42. The number of halogens is 1. The van der Waals surface area contributed by atoms with Gasteiger partial charge in [0.2, 0.25) is 0 Å². The molecule has 0 radical (unpaired) electrons. The molecule has 0 heterocycles. The van der Waals surface area contributed by atoms with Crippen molar-refractivity contribution in [2.24, 2.45) is 4.99 Å². The Hall–Kier alpha value is -1.55. The number of alkyl carbamates (subject to hydrolysis) is 1. The molecule has 1 rings (SSSR count). The number of amides is 1. The highest BCUT2D eigenvalue weighted by Crippen LogP contribution is 2.06. The molecule has 0 saturated heterocycles. The van der Waals surface area contributed by atoms with Gasteiger partial charge >= 0.3 is 6.09 Å². The molecular formula is C22H39IN4O3. The van der Waals surface area contributed by atoms with Gasteiger partial charge in [-0.15, -0.1) is 24.0 Å². The molecule has 0 aliphatic rings. The van der Waals surface area contributed by atoms with E-state index in [1.54, 1.807) is 0 Å². The third-order valence-corrected chi connectivity index (χ3v) is 3.77. The molecule has 0 aromatic heterocycles. The average molecular weight is 534 g/mol. The number of hydrogen-bond acceptors (Lipinski definition) is 4. The Morgan fingerprint density at radius 3 is 2.37 bits per heavy atom. The number of rotatable bonds is 12. The van der Waals surface area contributed by atoms with Crippen molar-refractivity contribution in [2.75, 3.05) is 39.4 Å². The van der Waals surface area contributed by atoms with Crippen LogP contribution in [0.4, 0.5) is 4.79 Å². The quantitative estimate of drug-likeness (QED) is 0.165. The first-order valence-electron chi connectivity index (χ1n) is 10.5. The summed E-state index contributed by atoms with van der Waals surface area (Å²) in [6.45, 7) is 11.6. The maximum Gasteiger partial charge on any atom is 0.407 e. The Morgan fingerprint density at radius 1 is 1.00 bits per heavy atom. The van der Waals surface area contributed by atoms with Crippen molar-refractivity contribution in [3.8, 4) is 0 Å². The van der Waals surface area contributed by atoms with Crippen molar-refractivity contribution in [1.82, 2.24) is 16.0 Å². The van der Waals surface area contributed by atoms with Gasteiger partial charge in [0.1, 0.15) is 5.60 Å². The molecule has 1 aromatic carbocycles. The fourth-order valence-corrected chi connectivity index (χ4v) is 2.44. The summed E-state index contributed by atoms with van der Waals surface area (Å²) < 4.78 is 10.9. The monoisotopic (exact) mass is 534 g/mol. The zero-order valence-corrected chi connectivity index (χ0v) is 21.2. The summed E-state index contributed by atoms with van der Waals surface area (Å²) in [6.07, 6.45) is 2.49. The van der Waals surface area contributed by atoms with Crippen LogP contribution in [0.5, 0.6) is 0 Å². The number of ether oxygens (including phenoxy) is 2. The predicted octanol–water partition coefficient (Wildman–Crippen LogP) is 3.72. The highest BCUT2D eigenvalue weighted by molar-refractivity contribution is 14.0. The van der Waals surface area contributed by atoms with Crippen molar-refractivity contribution < 1.29 is 14.3 Å². The molecule has 8 heteroatoms. The molecule has 1 aromatic rings. The van der Waals surface area contributed by atoms with E-state index in [2.05, 4.69) is 45.2 Å². The van der Waals surface area contributed by atoms with Crippen molar-refractivity contribution in [3.63, 3.8) is 0 Å². The predicted molar refractivity (Wildman–Crippen MR) is 134 cm³/mol. The molecule has 0 unspecified atom stereocenters. The smallest absolute Gasteiger partial charge is 0.407 e.